The first-order chi connectivity index (χ1) is 9.24. The number of nitrogens with one attached hydrogen (secondary N) is 2. The molecule has 1 saturated carbocycles. The first-order valence-electron chi connectivity index (χ1n) is 7.08. The molecule has 1 amide bonds. The van der Waals surface area contributed by atoms with E-state index in [1.807, 2.05) is 18.2 Å². The summed E-state index contributed by atoms with van der Waals surface area (Å²) in [6.07, 6.45) is 6.65. The van der Waals surface area contributed by atoms with Crippen LogP contribution in [0.25, 0.3) is 0 Å². The second-order valence-corrected chi connectivity index (χ2v) is 6.48. The first-order valence-corrected chi connectivity index (χ1v) is 7.87. The van der Waals surface area contributed by atoms with Crippen molar-refractivity contribution in [2.45, 2.75) is 38.1 Å². The largest absolute Gasteiger partial charge is 0.324 e. The van der Waals surface area contributed by atoms with E-state index in [0.29, 0.717) is 0 Å². The fraction of sp³-hybridized carbons (Fsp3) is 0.533. The molecule has 1 aromatic carbocycles. The van der Waals surface area contributed by atoms with Crippen LogP contribution >= 0.6 is 15.9 Å². The van der Waals surface area contributed by atoms with Crippen molar-refractivity contribution in [1.82, 2.24) is 5.32 Å². The molecular weight excluding hydrogens is 304 g/mol. The zero-order valence-corrected chi connectivity index (χ0v) is 12.5. The Morgan fingerprint density at radius 1 is 1.26 bits per heavy atom. The van der Waals surface area contributed by atoms with Gasteiger partial charge in [0.15, 0.2) is 0 Å². The van der Waals surface area contributed by atoms with Crippen LogP contribution in [0.5, 0.6) is 0 Å². The van der Waals surface area contributed by atoms with Crippen LogP contribution in [0.4, 0.5) is 5.69 Å². The van der Waals surface area contributed by atoms with Crippen LogP contribution in [-0.4, -0.2) is 12.5 Å². The first kappa shape index (κ1) is 13.1. The van der Waals surface area contributed by atoms with E-state index in [9.17, 15) is 4.79 Å². The van der Waals surface area contributed by atoms with E-state index in [1.54, 1.807) is 0 Å². The van der Waals surface area contributed by atoms with Gasteiger partial charge in [-0.2, -0.15) is 0 Å². The molecule has 19 heavy (non-hydrogen) atoms. The van der Waals surface area contributed by atoms with Crippen LogP contribution in [0.3, 0.4) is 0 Å². The summed E-state index contributed by atoms with van der Waals surface area (Å²) in [5.74, 6) is 0.810. The average molecular weight is 323 g/mol. The number of hydrogen-bond donors (Lipinski definition) is 2. The standard InChI is InChI=1S/C15H19BrN2O/c16-11-6-7-12-13(8-11)18-15(19)14(12)17-9-10-4-2-1-3-5-10/h6-8,10,14,17H,1-5,9H2,(H,18,19). The van der Waals surface area contributed by atoms with Gasteiger partial charge in [0.25, 0.3) is 0 Å². The van der Waals surface area contributed by atoms with Crippen molar-refractivity contribution in [2.24, 2.45) is 5.92 Å². The lowest BCUT2D eigenvalue weighted by molar-refractivity contribution is -0.117. The quantitative estimate of drug-likeness (QED) is 0.892. The zero-order chi connectivity index (χ0) is 13.2. The number of hydrogen-bond acceptors (Lipinski definition) is 2. The van der Waals surface area contributed by atoms with Crippen LogP contribution in [-0.2, 0) is 4.79 Å². The van der Waals surface area contributed by atoms with Gasteiger partial charge in [0.05, 0.1) is 0 Å². The van der Waals surface area contributed by atoms with Gasteiger partial charge in [-0.1, -0.05) is 41.3 Å². The highest BCUT2D eigenvalue weighted by atomic mass is 79.9. The van der Waals surface area contributed by atoms with Crippen LogP contribution < -0.4 is 10.6 Å². The maximum atomic E-state index is 12.0. The lowest BCUT2D eigenvalue weighted by atomic mass is 9.89. The molecule has 2 aliphatic rings. The third-order valence-corrected chi connectivity index (χ3v) is 4.68. The Morgan fingerprint density at radius 2 is 2.05 bits per heavy atom. The molecule has 0 radical (unpaired) electrons. The highest BCUT2D eigenvalue weighted by molar-refractivity contribution is 9.10. The van der Waals surface area contributed by atoms with Gasteiger partial charge in [-0.3, -0.25) is 4.79 Å². The summed E-state index contributed by atoms with van der Waals surface area (Å²) in [6, 6.07) is 5.81. The average Bonchev–Trinajstić information content (AvgIpc) is 2.72. The second-order valence-electron chi connectivity index (χ2n) is 5.57. The number of fused-ring (bicyclic) bond motifs is 1. The van der Waals surface area contributed by atoms with E-state index < -0.39 is 0 Å². The summed E-state index contributed by atoms with van der Waals surface area (Å²) in [7, 11) is 0. The van der Waals surface area contributed by atoms with E-state index in [1.165, 1.54) is 32.1 Å². The Bertz CT molecular complexity index is 483. The van der Waals surface area contributed by atoms with Gasteiger partial charge in [0.1, 0.15) is 6.04 Å². The fourth-order valence-corrected chi connectivity index (χ4v) is 3.47. The van der Waals surface area contributed by atoms with Crippen molar-refractivity contribution in [3.63, 3.8) is 0 Å². The maximum Gasteiger partial charge on any atom is 0.246 e. The van der Waals surface area contributed by atoms with Crippen molar-refractivity contribution in [3.05, 3.63) is 28.2 Å². The van der Waals surface area contributed by atoms with Crippen molar-refractivity contribution in [3.8, 4) is 0 Å². The Kier molecular flexibility index (Phi) is 3.89. The molecule has 0 saturated heterocycles. The molecule has 102 valence electrons. The third-order valence-electron chi connectivity index (χ3n) is 4.18. The van der Waals surface area contributed by atoms with Crippen molar-refractivity contribution in [1.29, 1.82) is 0 Å². The molecule has 1 fully saturated rings. The zero-order valence-electron chi connectivity index (χ0n) is 10.9. The Balaban J connectivity index is 1.66. The van der Waals surface area contributed by atoms with Gasteiger partial charge in [0, 0.05) is 15.7 Å². The minimum atomic E-state index is -0.176. The SMILES string of the molecule is O=C1Nc2cc(Br)ccc2C1NCC1CCCCC1. The van der Waals surface area contributed by atoms with Crippen molar-refractivity contribution >= 4 is 27.5 Å². The van der Waals surface area contributed by atoms with Crippen LogP contribution in [0.2, 0.25) is 0 Å². The van der Waals surface area contributed by atoms with Crippen LogP contribution in [0, 0.1) is 5.92 Å². The number of carbonyl (C=O) groups excluding carboxylic acids is 1. The van der Waals surface area contributed by atoms with Gasteiger partial charge in [-0.15, -0.1) is 0 Å². The van der Waals surface area contributed by atoms with Gasteiger partial charge in [0.2, 0.25) is 5.91 Å². The molecule has 3 nitrogen and oxygen atoms in total. The molecule has 1 aliphatic heterocycles. The van der Waals surface area contributed by atoms with E-state index in [4.69, 9.17) is 0 Å². The van der Waals surface area contributed by atoms with Gasteiger partial charge >= 0.3 is 0 Å². The summed E-state index contributed by atoms with van der Waals surface area (Å²) in [5, 5.41) is 6.39. The molecule has 1 atom stereocenters. The molecule has 1 aliphatic carbocycles. The Labute approximate surface area is 122 Å². The number of halogens is 1. The minimum absolute atomic E-state index is 0.0731. The van der Waals surface area contributed by atoms with Gasteiger partial charge in [-0.05, 0) is 37.4 Å². The molecule has 2 N–H and O–H groups in total. The summed E-state index contributed by atoms with van der Waals surface area (Å²) in [6.45, 7) is 0.952. The van der Waals surface area contributed by atoms with E-state index in [2.05, 4.69) is 26.6 Å². The van der Waals surface area contributed by atoms with Gasteiger partial charge in [-0.25, -0.2) is 0 Å². The highest BCUT2D eigenvalue weighted by Gasteiger charge is 2.30. The number of amides is 1. The number of carbonyl (C=O) groups is 1. The predicted molar refractivity (Wildman–Crippen MR) is 80.1 cm³/mol. The van der Waals surface area contributed by atoms with Crippen molar-refractivity contribution in [2.75, 3.05) is 11.9 Å². The Hall–Kier alpha value is -0.870. The van der Waals surface area contributed by atoms with Crippen LogP contribution in [0.1, 0.15) is 43.7 Å². The summed E-state index contributed by atoms with van der Waals surface area (Å²) >= 11 is 3.43. The maximum absolute atomic E-state index is 12.0. The smallest absolute Gasteiger partial charge is 0.246 e. The summed E-state index contributed by atoms with van der Waals surface area (Å²) in [4.78, 5) is 12.0. The second kappa shape index (κ2) is 5.63. The molecule has 1 aromatic rings. The predicted octanol–water partition coefficient (Wildman–Crippen LogP) is 3.61. The minimum Gasteiger partial charge on any atom is -0.324 e. The third kappa shape index (κ3) is 2.84. The van der Waals surface area contributed by atoms with Crippen LogP contribution in [0.15, 0.2) is 22.7 Å². The topological polar surface area (TPSA) is 41.1 Å². The lowest BCUT2D eigenvalue weighted by Crippen LogP contribution is -2.32. The molecule has 3 rings (SSSR count). The molecule has 1 heterocycles. The summed E-state index contributed by atoms with van der Waals surface area (Å²) < 4.78 is 1.000. The van der Waals surface area contributed by atoms with E-state index in [0.717, 1.165) is 28.2 Å². The van der Waals surface area contributed by atoms with Crippen molar-refractivity contribution < 1.29 is 4.79 Å². The molecule has 0 spiro atoms. The molecule has 1 unspecified atom stereocenters. The van der Waals surface area contributed by atoms with E-state index >= 15 is 0 Å². The summed E-state index contributed by atoms with van der Waals surface area (Å²) in [5.41, 5.74) is 2.00. The molecule has 4 heteroatoms. The van der Waals surface area contributed by atoms with Gasteiger partial charge < -0.3 is 10.6 Å². The molecule has 0 bridgehead atoms. The fourth-order valence-electron chi connectivity index (χ4n) is 3.11. The lowest BCUT2D eigenvalue weighted by Gasteiger charge is -2.23. The number of benzene rings is 1. The number of rotatable bonds is 3. The monoisotopic (exact) mass is 322 g/mol. The number of anilines is 1. The molecular formula is C15H19BrN2O. The Morgan fingerprint density at radius 3 is 2.84 bits per heavy atom. The highest BCUT2D eigenvalue weighted by Crippen LogP contribution is 2.33. The van der Waals surface area contributed by atoms with E-state index in [-0.39, 0.29) is 11.9 Å². The normalized spacial score (nSPS) is 23.2. The molecule has 0 aromatic heterocycles.